The van der Waals surface area contributed by atoms with Crippen LogP contribution in [0, 0.1) is 0 Å². The lowest BCUT2D eigenvalue weighted by Crippen LogP contribution is -2.49. The smallest absolute Gasteiger partial charge is 0.328 e. The van der Waals surface area contributed by atoms with Crippen LogP contribution in [-0.4, -0.2) is 94.0 Å². The summed E-state index contributed by atoms with van der Waals surface area (Å²) in [6.45, 7) is 4.85. The van der Waals surface area contributed by atoms with E-state index >= 15 is 0 Å². The lowest BCUT2D eigenvalue weighted by atomic mass is 10.2. The number of hydrogen-bond acceptors (Lipinski definition) is 9. The van der Waals surface area contributed by atoms with Crippen molar-refractivity contribution in [2.24, 2.45) is 0 Å². The van der Waals surface area contributed by atoms with Gasteiger partial charge in [0.1, 0.15) is 17.2 Å². The number of carbonyl (C=O) groups is 3. The Balaban J connectivity index is 0.954. The van der Waals surface area contributed by atoms with Crippen LogP contribution < -0.4 is 20.4 Å². The second kappa shape index (κ2) is 13.0. The van der Waals surface area contributed by atoms with Gasteiger partial charge in [-0.2, -0.15) is 4.98 Å². The van der Waals surface area contributed by atoms with Gasteiger partial charge in [0.15, 0.2) is 0 Å². The summed E-state index contributed by atoms with van der Waals surface area (Å²) in [5.41, 5.74) is 4.48. The molecule has 3 aromatic heterocycles. The fourth-order valence-corrected chi connectivity index (χ4v) is 6.78. The van der Waals surface area contributed by atoms with Gasteiger partial charge in [-0.3, -0.25) is 24.7 Å². The van der Waals surface area contributed by atoms with Gasteiger partial charge in [0, 0.05) is 95.0 Å². The first-order valence-electron chi connectivity index (χ1n) is 16.3. The molecule has 0 radical (unpaired) electrons. The molecule has 244 valence electrons. The van der Waals surface area contributed by atoms with E-state index in [4.69, 9.17) is 4.98 Å². The number of urea groups is 1. The average Bonchev–Trinajstić information content (AvgIpc) is 3.74. The van der Waals surface area contributed by atoms with Crippen molar-refractivity contribution in [2.75, 3.05) is 61.9 Å². The first kappa shape index (κ1) is 30.6. The fourth-order valence-electron chi connectivity index (χ4n) is 6.78. The molecular weight excluding hydrogens is 596 g/mol. The molecule has 2 aliphatic heterocycles. The molecule has 4 aromatic rings. The number of carbonyl (C=O) groups excluding carboxylic acids is 3. The minimum absolute atomic E-state index is 0.0258. The van der Waals surface area contributed by atoms with E-state index in [2.05, 4.69) is 41.0 Å². The summed E-state index contributed by atoms with van der Waals surface area (Å²) in [6.07, 6.45) is 8.38. The zero-order valence-corrected chi connectivity index (χ0v) is 26.9. The number of fused-ring (bicyclic) bond motifs is 1. The number of nitrogens with zero attached hydrogens (tertiary/aromatic N) is 8. The highest BCUT2D eigenvalue weighted by Gasteiger charge is 2.27. The van der Waals surface area contributed by atoms with Gasteiger partial charge in [-0.25, -0.2) is 14.8 Å². The lowest BCUT2D eigenvalue weighted by molar-refractivity contribution is -0.120. The van der Waals surface area contributed by atoms with Crippen LogP contribution in [0.5, 0.6) is 0 Å². The molecule has 0 bridgehead atoms. The molecule has 1 aliphatic carbocycles. The third kappa shape index (κ3) is 6.48. The maximum absolute atomic E-state index is 13.0. The van der Waals surface area contributed by atoms with Crippen LogP contribution in [0.2, 0.25) is 0 Å². The summed E-state index contributed by atoms with van der Waals surface area (Å²) in [5, 5.41) is 6.49. The number of nitrogens with one attached hydrogen (secondary N) is 2. The minimum Gasteiger partial charge on any atom is -0.369 e. The Kier molecular flexibility index (Phi) is 8.46. The number of pyridine rings is 1. The van der Waals surface area contributed by atoms with E-state index in [-0.39, 0.29) is 23.9 Å². The van der Waals surface area contributed by atoms with E-state index in [1.165, 1.54) is 0 Å². The summed E-state index contributed by atoms with van der Waals surface area (Å²) in [7, 11) is 3.55. The second-order valence-electron chi connectivity index (χ2n) is 12.7. The third-order valence-corrected chi connectivity index (χ3v) is 9.31. The van der Waals surface area contributed by atoms with Crippen molar-refractivity contribution in [3.63, 3.8) is 0 Å². The van der Waals surface area contributed by atoms with Crippen molar-refractivity contribution in [2.45, 2.75) is 44.7 Å². The van der Waals surface area contributed by atoms with Gasteiger partial charge >= 0.3 is 6.03 Å². The monoisotopic (exact) mass is 636 g/mol. The van der Waals surface area contributed by atoms with Crippen molar-refractivity contribution in [1.82, 2.24) is 34.6 Å². The molecule has 5 heterocycles. The fraction of sp³-hybridized carbons (Fsp3) is 0.412. The standard InChI is InChI=1S/C34H40N10O3/c1-40(2)32(46)28-19-24-21-36-33(39-31(24)44(28)27-5-3-4-6-27)37-29-12-7-23(20-35-29)22-41-15-17-42(18-16-41)25-8-10-26(11-9-25)43-14-13-30(45)38-34(43)47/h7-12,19-21,27H,3-6,13-18,22H2,1-2H3,(H,38,45,47)(H,35,36,37,39). The van der Waals surface area contributed by atoms with Gasteiger partial charge in [-0.1, -0.05) is 18.9 Å². The Bertz CT molecular complexity index is 1770. The van der Waals surface area contributed by atoms with Gasteiger partial charge in [0.25, 0.3) is 5.91 Å². The molecule has 4 amide bonds. The van der Waals surface area contributed by atoms with E-state index in [1.54, 1.807) is 30.1 Å². The van der Waals surface area contributed by atoms with Crippen LogP contribution in [-0.2, 0) is 11.3 Å². The number of piperazine rings is 1. The molecular formula is C34H40N10O3. The number of aromatic nitrogens is 4. The predicted molar refractivity (Wildman–Crippen MR) is 180 cm³/mol. The van der Waals surface area contributed by atoms with Crippen LogP contribution in [0.15, 0.2) is 54.9 Å². The van der Waals surface area contributed by atoms with Crippen molar-refractivity contribution in [3.8, 4) is 0 Å². The SMILES string of the molecule is CN(C)C(=O)c1cc2cnc(Nc3ccc(CN4CCN(c5ccc(N6CCC(=O)NC6=O)cc5)CC4)cn3)nc2n1C1CCCC1. The van der Waals surface area contributed by atoms with Crippen molar-refractivity contribution in [1.29, 1.82) is 0 Å². The summed E-state index contributed by atoms with van der Waals surface area (Å²) in [6, 6.07) is 13.8. The zero-order chi connectivity index (χ0) is 32.5. The van der Waals surface area contributed by atoms with Crippen molar-refractivity contribution < 1.29 is 14.4 Å². The number of rotatable bonds is 8. The third-order valence-electron chi connectivity index (χ3n) is 9.31. The quantitative estimate of drug-likeness (QED) is 0.293. The number of benzene rings is 1. The topological polar surface area (TPSA) is 132 Å². The molecule has 13 nitrogen and oxygen atoms in total. The first-order valence-corrected chi connectivity index (χ1v) is 16.3. The molecule has 2 saturated heterocycles. The normalized spacial score (nSPS) is 17.7. The maximum Gasteiger partial charge on any atom is 0.328 e. The molecule has 7 rings (SSSR count). The molecule has 2 N–H and O–H groups in total. The van der Waals surface area contributed by atoms with Crippen LogP contribution in [0.25, 0.3) is 11.0 Å². The summed E-state index contributed by atoms with van der Waals surface area (Å²) >= 11 is 0. The largest absolute Gasteiger partial charge is 0.369 e. The molecule has 0 unspecified atom stereocenters. The molecule has 0 spiro atoms. The average molecular weight is 637 g/mol. The van der Waals surface area contributed by atoms with E-state index in [1.807, 2.05) is 42.6 Å². The van der Waals surface area contributed by atoms with Gasteiger partial charge in [-0.05, 0) is 54.8 Å². The van der Waals surface area contributed by atoms with Crippen LogP contribution in [0.4, 0.5) is 27.9 Å². The first-order chi connectivity index (χ1) is 22.8. The number of hydrogen-bond donors (Lipinski definition) is 2. The molecule has 13 heteroatoms. The van der Waals surface area contributed by atoms with Crippen LogP contribution in [0.3, 0.4) is 0 Å². The molecule has 47 heavy (non-hydrogen) atoms. The van der Waals surface area contributed by atoms with E-state index in [0.29, 0.717) is 30.4 Å². The minimum atomic E-state index is -0.367. The second-order valence-corrected chi connectivity index (χ2v) is 12.7. The van der Waals surface area contributed by atoms with Crippen molar-refractivity contribution in [3.05, 3.63) is 66.1 Å². The summed E-state index contributed by atoms with van der Waals surface area (Å²) in [5.74, 6) is 0.866. The molecule has 3 aliphatic rings. The molecule has 0 atom stereocenters. The maximum atomic E-state index is 13.0. The molecule has 1 saturated carbocycles. The Morgan fingerprint density at radius 2 is 1.68 bits per heavy atom. The van der Waals surface area contributed by atoms with Gasteiger partial charge < -0.3 is 19.7 Å². The van der Waals surface area contributed by atoms with Crippen LogP contribution >= 0.6 is 0 Å². The summed E-state index contributed by atoms with van der Waals surface area (Å²) < 4.78 is 2.11. The van der Waals surface area contributed by atoms with Crippen LogP contribution in [0.1, 0.15) is 54.2 Å². The van der Waals surface area contributed by atoms with Crippen molar-refractivity contribution >= 4 is 52.0 Å². The highest BCUT2D eigenvalue weighted by molar-refractivity contribution is 6.05. The zero-order valence-electron chi connectivity index (χ0n) is 26.9. The van der Waals surface area contributed by atoms with E-state index in [9.17, 15) is 14.4 Å². The Morgan fingerprint density at radius 3 is 2.36 bits per heavy atom. The predicted octanol–water partition coefficient (Wildman–Crippen LogP) is 4.16. The Labute approximate surface area is 273 Å². The van der Waals surface area contributed by atoms with E-state index < -0.39 is 0 Å². The highest BCUT2D eigenvalue weighted by Crippen LogP contribution is 2.35. The number of imide groups is 1. The van der Waals surface area contributed by atoms with Gasteiger partial charge in [-0.15, -0.1) is 0 Å². The highest BCUT2D eigenvalue weighted by atomic mass is 16.2. The number of anilines is 4. The molecule has 1 aromatic carbocycles. The van der Waals surface area contributed by atoms with Gasteiger partial charge in [0.2, 0.25) is 11.9 Å². The summed E-state index contributed by atoms with van der Waals surface area (Å²) in [4.78, 5) is 58.6. The number of amides is 4. The lowest BCUT2D eigenvalue weighted by Gasteiger charge is -2.36. The Morgan fingerprint density at radius 1 is 0.936 bits per heavy atom. The molecule has 3 fully saturated rings. The Hall–Kier alpha value is -5.04. The van der Waals surface area contributed by atoms with Gasteiger partial charge in [0.05, 0.1) is 0 Å². The van der Waals surface area contributed by atoms with E-state index in [0.717, 1.165) is 86.4 Å².